The van der Waals surface area contributed by atoms with Crippen LogP contribution >= 0.6 is 11.8 Å². The van der Waals surface area contributed by atoms with Gasteiger partial charge in [0, 0.05) is 17.9 Å². The zero-order valence-corrected chi connectivity index (χ0v) is 20.6. The molecule has 34 heavy (non-hydrogen) atoms. The van der Waals surface area contributed by atoms with Gasteiger partial charge >= 0.3 is 0 Å². The fraction of sp³-hybridized carbons (Fsp3) is 0.385. The number of hydrogen-bond donors (Lipinski definition) is 0. The lowest BCUT2D eigenvalue weighted by molar-refractivity contribution is -0.116. The lowest BCUT2D eigenvalue weighted by atomic mass is 10.1. The van der Waals surface area contributed by atoms with Crippen LogP contribution in [0, 0.1) is 25.2 Å². The maximum absolute atomic E-state index is 13.3. The standard InChI is InChI=1S/C26H30N6OS/c1-20-15-21(2)17-23(16-20)31(14-8-11-27)25(33)19-34-26-29-28-24(18-30-12-6-7-13-30)32(26)22-9-4-3-5-10-22/h3-5,9-10,15-17H,6-8,12-14,18-19H2,1-2H3. The van der Waals surface area contributed by atoms with Crippen LogP contribution in [0.25, 0.3) is 5.69 Å². The van der Waals surface area contributed by atoms with Crippen LogP contribution in [0.5, 0.6) is 0 Å². The van der Waals surface area contributed by atoms with Crippen LogP contribution in [0.1, 0.15) is 36.2 Å². The monoisotopic (exact) mass is 474 g/mol. The van der Waals surface area contributed by atoms with Gasteiger partial charge in [0.1, 0.15) is 0 Å². The predicted molar refractivity (Wildman–Crippen MR) is 135 cm³/mol. The molecule has 1 amide bonds. The van der Waals surface area contributed by atoms with Gasteiger partial charge in [0.15, 0.2) is 11.0 Å². The highest BCUT2D eigenvalue weighted by Gasteiger charge is 2.22. The molecule has 3 aromatic rings. The molecular weight excluding hydrogens is 444 g/mol. The van der Waals surface area contributed by atoms with Crippen molar-refractivity contribution in [3.8, 4) is 11.8 Å². The van der Waals surface area contributed by atoms with E-state index in [0.29, 0.717) is 11.7 Å². The van der Waals surface area contributed by atoms with Crippen molar-refractivity contribution in [2.24, 2.45) is 0 Å². The van der Waals surface area contributed by atoms with E-state index in [2.05, 4.69) is 31.8 Å². The van der Waals surface area contributed by atoms with Gasteiger partial charge in [0.25, 0.3) is 0 Å². The number of nitrogens with zero attached hydrogens (tertiary/aromatic N) is 6. The quantitative estimate of drug-likeness (QED) is 0.425. The molecule has 4 rings (SSSR count). The van der Waals surface area contributed by atoms with E-state index in [1.165, 1.54) is 24.6 Å². The Morgan fingerprint density at radius 2 is 1.79 bits per heavy atom. The number of anilines is 1. The fourth-order valence-corrected chi connectivity index (χ4v) is 5.19. The lowest BCUT2D eigenvalue weighted by Crippen LogP contribution is -2.33. The highest BCUT2D eigenvalue weighted by Crippen LogP contribution is 2.26. The van der Waals surface area contributed by atoms with Crippen LogP contribution < -0.4 is 4.90 Å². The SMILES string of the molecule is Cc1cc(C)cc(N(CCC#N)C(=O)CSc2nnc(CN3CCCC3)n2-c2ccccc2)c1. The Hall–Kier alpha value is -3.15. The number of para-hydroxylation sites is 1. The molecule has 0 saturated carbocycles. The zero-order chi connectivity index (χ0) is 23.9. The topological polar surface area (TPSA) is 78.0 Å². The van der Waals surface area contributed by atoms with E-state index in [0.717, 1.165) is 48.0 Å². The van der Waals surface area contributed by atoms with Crippen LogP contribution in [0.3, 0.4) is 0 Å². The van der Waals surface area contributed by atoms with E-state index < -0.39 is 0 Å². The Labute approximate surface area is 205 Å². The van der Waals surface area contributed by atoms with Crippen molar-refractivity contribution in [1.29, 1.82) is 5.26 Å². The maximum atomic E-state index is 13.3. The Morgan fingerprint density at radius 1 is 1.09 bits per heavy atom. The van der Waals surface area contributed by atoms with Gasteiger partial charge in [-0.05, 0) is 75.2 Å². The van der Waals surface area contributed by atoms with Crippen molar-refractivity contribution in [3.63, 3.8) is 0 Å². The third-order valence-corrected chi connectivity index (χ3v) is 6.78. The van der Waals surface area contributed by atoms with Gasteiger partial charge in [-0.3, -0.25) is 14.3 Å². The molecule has 0 N–H and O–H groups in total. The van der Waals surface area contributed by atoms with E-state index in [1.807, 2.05) is 56.3 Å². The minimum atomic E-state index is -0.0473. The summed E-state index contributed by atoms with van der Waals surface area (Å²) in [6.07, 6.45) is 2.71. The summed E-state index contributed by atoms with van der Waals surface area (Å²) in [5, 5.41) is 18.8. The smallest absolute Gasteiger partial charge is 0.237 e. The summed E-state index contributed by atoms with van der Waals surface area (Å²) in [6.45, 7) is 7.29. The summed E-state index contributed by atoms with van der Waals surface area (Å²) in [6, 6.07) is 18.3. The molecule has 2 heterocycles. The molecule has 0 aliphatic carbocycles. The highest BCUT2D eigenvalue weighted by atomic mass is 32.2. The minimum absolute atomic E-state index is 0.0473. The molecular formula is C26H30N6OS. The fourth-order valence-electron chi connectivity index (χ4n) is 4.34. The molecule has 1 aliphatic rings. The Balaban J connectivity index is 1.56. The number of aryl methyl sites for hydroxylation is 2. The van der Waals surface area contributed by atoms with Gasteiger partial charge in [0.05, 0.1) is 24.8 Å². The minimum Gasteiger partial charge on any atom is -0.311 e. The summed E-state index contributed by atoms with van der Waals surface area (Å²) in [5.74, 6) is 1.06. The number of rotatable bonds is 9. The third kappa shape index (κ3) is 5.85. The molecule has 8 heteroatoms. The third-order valence-electron chi connectivity index (χ3n) is 5.87. The second-order valence-electron chi connectivity index (χ2n) is 8.64. The number of likely N-dealkylation sites (tertiary alicyclic amines) is 1. The van der Waals surface area contributed by atoms with E-state index in [4.69, 9.17) is 5.26 Å². The van der Waals surface area contributed by atoms with Gasteiger partial charge in [-0.2, -0.15) is 5.26 Å². The van der Waals surface area contributed by atoms with Gasteiger partial charge in [-0.25, -0.2) is 0 Å². The number of carbonyl (C=O) groups excluding carboxylic acids is 1. The van der Waals surface area contributed by atoms with Crippen LogP contribution in [0.15, 0.2) is 53.7 Å². The summed E-state index contributed by atoms with van der Waals surface area (Å²) in [7, 11) is 0. The Kier molecular flexibility index (Phi) is 7.99. The molecule has 0 radical (unpaired) electrons. The largest absolute Gasteiger partial charge is 0.311 e. The number of amides is 1. The molecule has 176 valence electrons. The average Bonchev–Trinajstić information content (AvgIpc) is 3.48. The highest BCUT2D eigenvalue weighted by molar-refractivity contribution is 7.99. The molecule has 1 saturated heterocycles. The number of benzene rings is 2. The average molecular weight is 475 g/mol. The molecule has 1 aromatic heterocycles. The number of aromatic nitrogens is 3. The van der Waals surface area contributed by atoms with Gasteiger partial charge in [0.2, 0.25) is 5.91 Å². The van der Waals surface area contributed by atoms with E-state index >= 15 is 0 Å². The predicted octanol–water partition coefficient (Wildman–Crippen LogP) is 4.52. The van der Waals surface area contributed by atoms with Crippen molar-refractivity contribution < 1.29 is 4.79 Å². The first kappa shape index (κ1) is 24.0. The molecule has 1 fully saturated rings. The van der Waals surface area contributed by atoms with Crippen LogP contribution in [0.2, 0.25) is 0 Å². The number of hydrogen-bond acceptors (Lipinski definition) is 6. The van der Waals surface area contributed by atoms with Gasteiger partial charge in [-0.1, -0.05) is 36.0 Å². The van der Waals surface area contributed by atoms with Crippen molar-refractivity contribution in [2.75, 3.05) is 30.3 Å². The Morgan fingerprint density at radius 3 is 2.47 bits per heavy atom. The second kappa shape index (κ2) is 11.3. The summed E-state index contributed by atoms with van der Waals surface area (Å²) < 4.78 is 2.06. The number of nitriles is 1. The molecule has 0 bridgehead atoms. The maximum Gasteiger partial charge on any atom is 0.237 e. The first-order valence-corrected chi connectivity index (χ1v) is 12.6. The normalized spacial score (nSPS) is 13.7. The van der Waals surface area contributed by atoms with E-state index in [-0.39, 0.29) is 18.1 Å². The van der Waals surface area contributed by atoms with Crippen molar-refractivity contribution >= 4 is 23.4 Å². The number of carbonyl (C=O) groups is 1. The summed E-state index contributed by atoms with van der Waals surface area (Å²) in [4.78, 5) is 17.4. The first-order valence-electron chi connectivity index (χ1n) is 11.7. The zero-order valence-electron chi connectivity index (χ0n) is 19.8. The van der Waals surface area contributed by atoms with Crippen LogP contribution in [-0.4, -0.2) is 51.0 Å². The summed E-state index contributed by atoms with van der Waals surface area (Å²) in [5.41, 5.74) is 4.01. The lowest BCUT2D eigenvalue weighted by Gasteiger charge is -2.23. The molecule has 0 atom stereocenters. The molecule has 0 unspecified atom stereocenters. The summed E-state index contributed by atoms with van der Waals surface area (Å²) >= 11 is 1.39. The van der Waals surface area contributed by atoms with E-state index in [1.54, 1.807) is 4.90 Å². The molecule has 1 aliphatic heterocycles. The molecule has 7 nitrogen and oxygen atoms in total. The first-order chi connectivity index (χ1) is 16.5. The second-order valence-corrected chi connectivity index (χ2v) is 9.58. The Bertz CT molecular complexity index is 1140. The van der Waals surface area contributed by atoms with Gasteiger partial charge < -0.3 is 4.90 Å². The number of thioether (sulfide) groups is 1. The van der Waals surface area contributed by atoms with E-state index in [9.17, 15) is 4.79 Å². The van der Waals surface area contributed by atoms with Crippen molar-refractivity contribution in [1.82, 2.24) is 19.7 Å². The molecule has 0 spiro atoms. The van der Waals surface area contributed by atoms with Crippen molar-refractivity contribution in [3.05, 3.63) is 65.5 Å². The van der Waals surface area contributed by atoms with Gasteiger partial charge in [-0.15, -0.1) is 10.2 Å². The van der Waals surface area contributed by atoms with Crippen LogP contribution in [0.4, 0.5) is 5.69 Å². The van der Waals surface area contributed by atoms with Crippen LogP contribution in [-0.2, 0) is 11.3 Å². The van der Waals surface area contributed by atoms with Crippen molar-refractivity contribution in [2.45, 2.75) is 44.8 Å². The molecule has 2 aromatic carbocycles.